The highest BCUT2D eigenvalue weighted by Crippen LogP contribution is 2.20. The van der Waals surface area contributed by atoms with E-state index in [-0.39, 0.29) is 17.4 Å². The zero-order valence-corrected chi connectivity index (χ0v) is 16.0. The van der Waals surface area contributed by atoms with E-state index in [1.807, 2.05) is 23.2 Å². The number of carbonyl (C=O) groups excluding carboxylic acids is 1. The van der Waals surface area contributed by atoms with Crippen LogP contribution < -0.4 is 10.2 Å². The fourth-order valence-corrected chi connectivity index (χ4v) is 3.34. The summed E-state index contributed by atoms with van der Waals surface area (Å²) < 4.78 is 21.2. The van der Waals surface area contributed by atoms with E-state index in [0.29, 0.717) is 31.2 Å². The molecule has 0 bridgehead atoms. The summed E-state index contributed by atoms with van der Waals surface area (Å²) in [6.45, 7) is 4.55. The molecule has 3 aromatic rings. The highest BCUT2D eigenvalue weighted by Gasteiger charge is 2.21. The third-order valence-electron chi connectivity index (χ3n) is 4.89. The molecule has 0 aliphatic carbocycles. The van der Waals surface area contributed by atoms with Crippen molar-refractivity contribution in [2.24, 2.45) is 0 Å². The average molecular weight is 398 g/mol. The number of oxazole rings is 1. The van der Waals surface area contributed by atoms with E-state index in [1.54, 1.807) is 23.0 Å². The summed E-state index contributed by atoms with van der Waals surface area (Å²) in [5.74, 6) is 0.0370. The Labute approximate surface area is 167 Å². The second-order valence-corrected chi connectivity index (χ2v) is 6.87. The van der Waals surface area contributed by atoms with Crippen LogP contribution in [0.1, 0.15) is 16.4 Å². The first-order valence-corrected chi connectivity index (χ1v) is 9.61. The average Bonchev–Trinajstić information content (AvgIpc) is 3.41. The first-order valence-electron chi connectivity index (χ1n) is 9.61. The quantitative estimate of drug-likeness (QED) is 0.653. The standard InChI is InChI=1S/C20H23FN6O2/c21-16-4-1-2-5-18(16)26-12-10-25(11-13-26)14-19-24-17(15-29-19)20(28)22-7-9-27-8-3-6-23-27/h1-6,8,15H,7,9-14H2,(H,22,28). The lowest BCUT2D eigenvalue weighted by Gasteiger charge is -2.35. The molecule has 8 nitrogen and oxygen atoms in total. The first kappa shape index (κ1) is 19.1. The molecule has 1 amide bonds. The molecule has 0 radical (unpaired) electrons. The predicted octanol–water partition coefficient (Wildman–Crippen LogP) is 1.76. The number of hydrogen-bond donors (Lipinski definition) is 1. The summed E-state index contributed by atoms with van der Waals surface area (Å²) >= 11 is 0. The number of nitrogens with zero attached hydrogens (tertiary/aromatic N) is 5. The van der Waals surface area contributed by atoms with Gasteiger partial charge >= 0.3 is 0 Å². The van der Waals surface area contributed by atoms with Crippen molar-refractivity contribution < 1.29 is 13.6 Å². The van der Waals surface area contributed by atoms with Crippen LogP contribution in [-0.4, -0.2) is 58.3 Å². The van der Waals surface area contributed by atoms with Crippen molar-refractivity contribution in [1.29, 1.82) is 0 Å². The van der Waals surface area contributed by atoms with Gasteiger partial charge in [0.1, 0.15) is 12.1 Å². The molecule has 2 aromatic heterocycles. The van der Waals surface area contributed by atoms with Crippen molar-refractivity contribution in [3.05, 3.63) is 66.4 Å². The van der Waals surface area contributed by atoms with Gasteiger partial charge in [0.15, 0.2) is 5.69 Å². The molecule has 0 unspecified atom stereocenters. The van der Waals surface area contributed by atoms with E-state index < -0.39 is 0 Å². The van der Waals surface area contributed by atoms with Gasteiger partial charge in [-0.2, -0.15) is 5.10 Å². The number of halogens is 1. The number of hydrogen-bond acceptors (Lipinski definition) is 6. The third-order valence-corrected chi connectivity index (χ3v) is 4.89. The zero-order valence-electron chi connectivity index (χ0n) is 16.0. The molecule has 1 aliphatic rings. The molecule has 0 spiro atoms. The number of benzene rings is 1. The first-order chi connectivity index (χ1) is 14.2. The number of rotatable bonds is 7. The second-order valence-electron chi connectivity index (χ2n) is 6.87. The van der Waals surface area contributed by atoms with E-state index in [4.69, 9.17) is 4.42 Å². The number of amides is 1. The van der Waals surface area contributed by atoms with Crippen LogP contribution in [0.2, 0.25) is 0 Å². The molecule has 152 valence electrons. The number of nitrogens with one attached hydrogen (secondary N) is 1. The van der Waals surface area contributed by atoms with E-state index in [2.05, 4.69) is 20.3 Å². The van der Waals surface area contributed by atoms with Gasteiger partial charge in [-0.3, -0.25) is 14.4 Å². The van der Waals surface area contributed by atoms with E-state index in [1.165, 1.54) is 12.3 Å². The van der Waals surface area contributed by atoms with Crippen LogP contribution in [0.5, 0.6) is 0 Å². The summed E-state index contributed by atoms with van der Waals surface area (Å²) in [5, 5.41) is 6.89. The predicted molar refractivity (Wildman–Crippen MR) is 105 cm³/mol. The van der Waals surface area contributed by atoms with E-state index in [0.717, 1.165) is 26.2 Å². The molecule has 9 heteroatoms. The van der Waals surface area contributed by atoms with Gasteiger partial charge in [-0.15, -0.1) is 0 Å². The minimum absolute atomic E-state index is 0.197. The Morgan fingerprint density at radius 3 is 2.76 bits per heavy atom. The molecule has 0 saturated carbocycles. The summed E-state index contributed by atoms with van der Waals surface area (Å²) in [6.07, 6.45) is 4.92. The maximum atomic E-state index is 13.9. The fourth-order valence-electron chi connectivity index (χ4n) is 3.34. The van der Waals surface area contributed by atoms with Crippen LogP contribution in [0, 0.1) is 5.82 Å². The summed E-state index contributed by atoms with van der Waals surface area (Å²) in [5.41, 5.74) is 0.905. The minimum Gasteiger partial charge on any atom is -0.447 e. The Bertz CT molecular complexity index is 934. The van der Waals surface area contributed by atoms with Crippen LogP contribution in [0.3, 0.4) is 0 Å². The minimum atomic E-state index is -0.267. The Balaban J connectivity index is 1.24. The smallest absolute Gasteiger partial charge is 0.273 e. The van der Waals surface area contributed by atoms with Crippen LogP contribution in [-0.2, 0) is 13.1 Å². The lowest BCUT2D eigenvalue weighted by molar-refractivity contribution is 0.0947. The number of carbonyl (C=O) groups is 1. The SMILES string of the molecule is O=C(NCCn1cccn1)c1coc(CN2CCN(c3ccccc3F)CC2)n1. The molecule has 1 fully saturated rings. The molecule has 1 saturated heterocycles. The lowest BCUT2D eigenvalue weighted by Crippen LogP contribution is -2.46. The lowest BCUT2D eigenvalue weighted by atomic mass is 10.2. The van der Waals surface area contributed by atoms with Crippen molar-refractivity contribution in [1.82, 2.24) is 25.0 Å². The normalized spacial score (nSPS) is 14.9. The van der Waals surface area contributed by atoms with Gasteiger partial charge in [0, 0.05) is 45.1 Å². The number of piperazine rings is 1. The van der Waals surface area contributed by atoms with Crippen molar-refractivity contribution in [2.45, 2.75) is 13.1 Å². The molecular weight excluding hydrogens is 375 g/mol. The van der Waals surface area contributed by atoms with Crippen LogP contribution >= 0.6 is 0 Å². The largest absolute Gasteiger partial charge is 0.447 e. The van der Waals surface area contributed by atoms with E-state index >= 15 is 0 Å². The molecule has 1 aliphatic heterocycles. The van der Waals surface area contributed by atoms with Crippen molar-refractivity contribution in [3.8, 4) is 0 Å². The number of anilines is 1. The Morgan fingerprint density at radius 2 is 2.00 bits per heavy atom. The van der Waals surface area contributed by atoms with Crippen LogP contribution in [0.25, 0.3) is 0 Å². The molecule has 4 rings (SSSR count). The third kappa shape index (κ3) is 4.80. The summed E-state index contributed by atoms with van der Waals surface area (Å²) in [4.78, 5) is 20.7. The van der Waals surface area contributed by atoms with Gasteiger partial charge in [0.05, 0.1) is 18.8 Å². The summed E-state index contributed by atoms with van der Waals surface area (Å²) in [7, 11) is 0. The van der Waals surface area contributed by atoms with Crippen molar-refractivity contribution >= 4 is 11.6 Å². The Kier molecular flexibility index (Phi) is 5.85. The zero-order chi connectivity index (χ0) is 20.1. The monoisotopic (exact) mass is 398 g/mol. The Hall–Kier alpha value is -3.20. The van der Waals surface area contributed by atoms with Gasteiger partial charge < -0.3 is 14.6 Å². The number of para-hydroxylation sites is 1. The van der Waals surface area contributed by atoms with Gasteiger partial charge in [0.2, 0.25) is 5.89 Å². The van der Waals surface area contributed by atoms with E-state index in [9.17, 15) is 9.18 Å². The highest BCUT2D eigenvalue weighted by atomic mass is 19.1. The maximum absolute atomic E-state index is 13.9. The molecule has 29 heavy (non-hydrogen) atoms. The summed E-state index contributed by atoms with van der Waals surface area (Å²) in [6, 6.07) is 8.66. The molecule has 3 heterocycles. The Morgan fingerprint density at radius 1 is 1.17 bits per heavy atom. The second kappa shape index (κ2) is 8.87. The van der Waals surface area contributed by atoms with Crippen molar-refractivity contribution in [3.63, 3.8) is 0 Å². The molecule has 1 N–H and O–H groups in total. The maximum Gasteiger partial charge on any atom is 0.273 e. The number of aromatic nitrogens is 3. The van der Waals surface area contributed by atoms with Gasteiger partial charge in [-0.25, -0.2) is 9.37 Å². The highest BCUT2D eigenvalue weighted by molar-refractivity contribution is 5.91. The van der Waals surface area contributed by atoms with Gasteiger partial charge in [-0.05, 0) is 18.2 Å². The van der Waals surface area contributed by atoms with Gasteiger partial charge in [-0.1, -0.05) is 12.1 Å². The topological polar surface area (TPSA) is 79.4 Å². The van der Waals surface area contributed by atoms with Crippen molar-refractivity contribution in [2.75, 3.05) is 37.6 Å². The van der Waals surface area contributed by atoms with Gasteiger partial charge in [0.25, 0.3) is 5.91 Å². The fraction of sp³-hybridized carbons (Fsp3) is 0.350. The molecule has 1 aromatic carbocycles. The van der Waals surface area contributed by atoms with Crippen LogP contribution in [0.4, 0.5) is 10.1 Å². The van der Waals surface area contributed by atoms with Crippen LogP contribution in [0.15, 0.2) is 53.4 Å². The molecular formula is C20H23FN6O2. The molecule has 0 atom stereocenters.